The molecule has 0 amide bonds. The lowest BCUT2D eigenvalue weighted by atomic mass is 9.95. The molecule has 0 aliphatic carbocycles. The highest BCUT2D eigenvalue weighted by Gasteiger charge is 2.28. The standard InChI is InChI=1S/C18H22N2O3/c1-18(2,17(21)22)11-23-16-6-4-14(10-20-16)12-3-5-15-13(9-12)7-8-19-15/h3-6,9,19-20H,7-8,10-11H2,1-2H3,(H,21,22). The zero-order chi connectivity index (χ0) is 16.4. The number of aliphatic carboxylic acids is 1. The average molecular weight is 314 g/mol. The van der Waals surface area contributed by atoms with E-state index < -0.39 is 11.4 Å². The number of benzene rings is 1. The van der Waals surface area contributed by atoms with Crippen molar-refractivity contribution in [3.63, 3.8) is 0 Å². The Bertz CT molecular complexity index is 690. The van der Waals surface area contributed by atoms with Gasteiger partial charge in [-0.3, -0.25) is 4.79 Å². The summed E-state index contributed by atoms with van der Waals surface area (Å²) in [6.45, 7) is 5.12. The smallest absolute Gasteiger partial charge is 0.312 e. The van der Waals surface area contributed by atoms with Gasteiger partial charge in [0.15, 0.2) is 5.88 Å². The number of carbonyl (C=O) groups is 1. The molecule has 3 rings (SSSR count). The van der Waals surface area contributed by atoms with Crippen LogP contribution < -0.4 is 10.6 Å². The average Bonchev–Trinajstić information content (AvgIpc) is 3.01. The Morgan fingerprint density at radius 2 is 2.13 bits per heavy atom. The number of carboxylic acid groups (broad SMARTS) is 1. The molecular weight excluding hydrogens is 292 g/mol. The summed E-state index contributed by atoms with van der Waals surface area (Å²) in [6, 6.07) is 6.48. The topological polar surface area (TPSA) is 70.6 Å². The first-order valence-corrected chi connectivity index (χ1v) is 7.84. The maximum absolute atomic E-state index is 11.1. The van der Waals surface area contributed by atoms with E-state index in [2.05, 4.69) is 28.8 Å². The number of hydrogen-bond acceptors (Lipinski definition) is 4. The summed E-state index contributed by atoms with van der Waals surface area (Å²) in [5, 5.41) is 15.7. The van der Waals surface area contributed by atoms with Crippen LogP contribution in [0.2, 0.25) is 0 Å². The third-order valence-electron chi connectivity index (χ3n) is 4.24. The zero-order valence-electron chi connectivity index (χ0n) is 13.5. The normalized spacial score (nSPS) is 16.6. The molecule has 0 unspecified atom stereocenters. The molecule has 0 atom stereocenters. The van der Waals surface area contributed by atoms with Gasteiger partial charge in [0.2, 0.25) is 0 Å². The summed E-state index contributed by atoms with van der Waals surface area (Å²) < 4.78 is 5.58. The first-order chi connectivity index (χ1) is 11.0. The molecule has 5 nitrogen and oxygen atoms in total. The predicted molar refractivity (Wildman–Crippen MR) is 90.1 cm³/mol. The number of allylic oxidation sites excluding steroid dienone is 2. The van der Waals surface area contributed by atoms with Crippen molar-refractivity contribution in [3.8, 4) is 0 Å². The minimum atomic E-state index is -0.903. The van der Waals surface area contributed by atoms with Crippen LogP contribution in [0.3, 0.4) is 0 Å². The number of dihydropyridines is 1. The van der Waals surface area contributed by atoms with Gasteiger partial charge in [0.1, 0.15) is 6.61 Å². The molecule has 0 spiro atoms. The van der Waals surface area contributed by atoms with Gasteiger partial charge in [-0.15, -0.1) is 0 Å². The zero-order valence-corrected chi connectivity index (χ0v) is 13.5. The second-order valence-electron chi connectivity index (χ2n) is 6.60. The van der Waals surface area contributed by atoms with E-state index in [1.165, 1.54) is 22.4 Å². The number of anilines is 1. The molecule has 3 N–H and O–H groups in total. The molecule has 0 radical (unpaired) electrons. The fraction of sp³-hybridized carbons (Fsp3) is 0.389. The molecule has 5 heteroatoms. The lowest BCUT2D eigenvalue weighted by Crippen LogP contribution is -2.31. The molecule has 1 aromatic carbocycles. The van der Waals surface area contributed by atoms with Gasteiger partial charge in [0.05, 0.1) is 5.41 Å². The first-order valence-electron chi connectivity index (χ1n) is 7.84. The van der Waals surface area contributed by atoms with E-state index in [1.54, 1.807) is 13.8 Å². The Kier molecular flexibility index (Phi) is 4.03. The first kappa shape index (κ1) is 15.5. The molecular formula is C18H22N2O3. The van der Waals surface area contributed by atoms with Crippen LogP contribution in [-0.2, 0) is 16.0 Å². The molecule has 23 heavy (non-hydrogen) atoms. The van der Waals surface area contributed by atoms with Gasteiger partial charge in [-0.05, 0) is 55.2 Å². The molecule has 0 fully saturated rings. The molecule has 1 aromatic rings. The molecule has 2 heterocycles. The summed E-state index contributed by atoms with van der Waals surface area (Å²) >= 11 is 0. The number of ether oxygens (including phenoxy) is 1. The van der Waals surface area contributed by atoms with Crippen molar-refractivity contribution in [3.05, 3.63) is 47.4 Å². The Balaban J connectivity index is 1.67. The van der Waals surface area contributed by atoms with Crippen LogP contribution in [0.4, 0.5) is 5.69 Å². The fourth-order valence-electron chi connectivity index (χ4n) is 2.60. The molecule has 122 valence electrons. The Hall–Kier alpha value is -2.43. The highest BCUT2D eigenvalue weighted by Crippen LogP contribution is 2.27. The molecule has 0 bridgehead atoms. The van der Waals surface area contributed by atoms with Crippen molar-refractivity contribution in [2.24, 2.45) is 5.41 Å². The van der Waals surface area contributed by atoms with Crippen LogP contribution in [-0.4, -0.2) is 30.8 Å². The lowest BCUT2D eigenvalue weighted by Gasteiger charge is -2.23. The maximum Gasteiger partial charge on any atom is 0.312 e. The van der Waals surface area contributed by atoms with Gasteiger partial charge in [0, 0.05) is 18.8 Å². The van der Waals surface area contributed by atoms with Gasteiger partial charge in [-0.1, -0.05) is 12.1 Å². The second kappa shape index (κ2) is 5.99. The van der Waals surface area contributed by atoms with Crippen molar-refractivity contribution in [2.75, 3.05) is 25.0 Å². The summed E-state index contributed by atoms with van der Waals surface area (Å²) in [4.78, 5) is 11.1. The Morgan fingerprint density at radius 3 is 2.83 bits per heavy atom. The predicted octanol–water partition coefficient (Wildman–Crippen LogP) is 2.61. The van der Waals surface area contributed by atoms with Gasteiger partial charge < -0.3 is 20.5 Å². The van der Waals surface area contributed by atoms with Crippen LogP contribution >= 0.6 is 0 Å². The number of nitrogens with one attached hydrogen (secondary N) is 2. The van der Waals surface area contributed by atoms with Crippen molar-refractivity contribution >= 4 is 17.2 Å². The van der Waals surface area contributed by atoms with E-state index in [-0.39, 0.29) is 6.61 Å². The quantitative estimate of drug-likeness (QED) is 0.779. The van der Waals surface area contributed by atoms with Crippen LogP contribution in [0.25, 0.3) is 5.57 Å². The third kappa shape index (κ3) is 3.33. The summed E-state index contributed by atoms with van der Waals surface area (Å²) in [6.07, 6.45) is 4.96. The molecule has 2 aliphatic heterocycles. The number of hydrogen-bond donors (Lipinski definition) is 3. The molecule has 2 aliphatic rings. The lowest BCUT2D eigenvalue weighted by molar-refractivity contribution is -0.149. The van der Waals surface area contributed by atoms with E-state index in [0.717, 1.165) is 13.0 Å². The fourth-order valence-corrected chi connectivity index (χ4v) is 2.60. The van der Waals surface area contributed by atoms with E-state index in [1.807, 2.05) is 12.2 Å². The highest BCUT2D eigenvalue weighted by atomic mass is 16.5. The van der Waals surface area contributed by atoms with E-state index >= 15 is 0 Å². The summed E-state index contributed by atoms with van der Waals surface area (Å²) in [7, 11) is 0. The minimum absolute atomic E-state index is 0.134. The van der Waals surface area contributed by atoms with E-state index in [9.17, 15) is 4.79 Å². The monoisotopic (exact) mass is 314 g/mol. The maximum atomic E-state index is 11.1. The van der Waals surface area contributed by atoms with E-state index in [4.69, 9.17) is 9.84 Å². The van der Waals surface area contributed by atoms with Gasteiger partial charge in [0.25, 0.3) is 0 Å². The Labute approximate surface area is 136 Å². The summed E-state index contributed by atoms with van der Waals surface area (Å²) in [5.74, 6) is -0.247. The van der Waals surface area contributed by atoms with Crippen molar-refractivity contribution in [1.82, 2.24) is 5.32 Å². The molecule has 0 saturated carbocycles. The SMILES string of the molecule is CC(C)(COC1=CC=C(c2ccc3c(c2)CCN3)CN1)C(=O)O. The van der Waals surface area contributed by atoms with Crippen molar-refractivity contribution in [1.29, 1.82) is 0 Å². The van der Waals surface area contributed by atoms with Crippen LogP contribution in [0.1, 0.15) is 25.0 Å². The van der Waals surface area contributed by atoms with Gasteiger partial charge in [-0.25, -0.2) is 0 Å². The van der Waals surface area contributed by atoms with Crippen LogP contribution in [0.15, 0.2) is 36.2 Å². The van der Waals surface area contributed by atoms with Crippen LogP contribution in [0, 0.1) is 5.41 Å². The molecule has 0 aromatic heterocycles. The number of carboxylic acids is 1. The highest BCUT2D eigenvalue weighted by molar-refractivity contribution is 5.74. The van der Waals surface area contributed by atoms with Crippen molar-refractivity contribution in [2.45, 2.75) is 20.3 Å². The van der Waals surface area contributed by atoms with E-state index in [0.29, 0.717) is 12.4 Å². The van der Waals surface area contributed by atoms with Crippen LogP contribution in [0.5, 0.6) is 0 Å². The number of rotatable bonds is 5. The Morgan fingerprint density at radius 1 is 1.30 bits per heavy atom. The third-order valence-corrected chi connectivity index (χ3v) is 4.24. The summed E-state index contributed by atoms with van der Waals surface area (Å²) in [5.41, 5.74) is 4.09. The minimum Gasteiger partial charge on any atom is -0.481 e. The van der Waals surface area contributed by atoms with Crippen molar-refractivity contribution < 1.29 is 14.6 Å². The molecule has 0 saturated heterocycles. The largest absolute Gasteiger partial charge is 0.481 e. The number of fused-ring (bicyclic) bond motifs is 1. The van der Waals surface area contributed by atoms with Gasteiger partial charge >= 0.3 is 5.97 Å². The van der Waals surface area contributed by atoms with Gasteiger partial charge in [-0.2, -0.15) is 0 Å². The second-order valence-corrected chi connectivity index (χ2v) is 6.60.